The number of hydrogen-bond donors (Lipinski definition) is 1. The highest BCUT2D eigenvalue weighted by Gasteiger charge is 2.14. The summed E-state index contributed by atoms with van der Waals surface area (Å²) in [4.78, 5) is 9.42. The first-order valence-electron chi connectivity index (χ1n) is 11.7. The van der Waals surface area contributed by atoms with Crippen molar-refractivity contribution < 1.29 is 0 Å². The van der Waals surface area contributed by atoms with E-state index in [4.69, 9.17) is 11.6 Å². The molecule has 174 valence electrons. The van der Waals surface area contributed by atoms with Crippen molar-refractivity contribution >= 4 is 40.1 Å². The Kier molecular flexibility index (Phi) is 9.35. The lowest BCUT2D eigenvalue weighted by atomic mass is 10.1. The number of para-hydroxylation sites is 1. The zero-order valence-corrected chi connectivity index (χ0v) is 20.6. The molecule has 1 aromatic heterocycles. The fourth-order valence-electron chi connectivity index (χ4n) is 3.72. The summed E-state index contributed by atoms with van der Waals surface area (Å²) in [6.07, 6.45) is 5.53. The van der Waals surface area contributed by atoms with Gasteiger partial charge in [0.25, 0.3) is 0 Å². The Morgan fingerprint density at radius 3 is 2.48 bits per heavy atom. The number of hydrogen-bond acceptors (Lipinski definition) is 4. The van der Waals surface area contributed by atoms with Crippen molar-refractivity contribution in [2.45, 2.75) is 26.2 Å². The van der Waals surface area contributed by atoms with Gasteiger partial charge in [-0.05, 0) is 43.7 Å². The Bertz CT molecular complexity index is 1060. The number of allylic oxidation sites excluding steroid dienone is 1. The van der Waals surface area contributed by atoms with Gasteiger partial charge in [-0.1, -0.05) is 74.5 Å². The Balaban J connectivity index is 0.000000205. The predicted octanol–water partition coefficient (Wildman–Crippen LogP) is 7.21. The van der Waals surface area contributed by atoms with Crippen LogP contribution in [0.4, 0.5) is 11.5 Å². The van der Waals surface area contributed by atoms with E-state index in [0.717, 1.165) is 28.0 Å². The number of nitrogens with one attached hydrogen (secondary N) is 1. The van der Waals surface area contributed by atoms with Crippen LogP contribution in [0.3, 0.4) is 0 Å². The van der Waals surface area contributed by atoms with E-state index in [0.29, 0.717) is 5.02 Å². The fourth-order valence-corrected chi connectivity index (χ4v) is 3.99. The van der Waals surface area contributed by atoms with Crippen LogP contribution in [0.1, 0.15) is 31.7 Å². The van der Waals surface area contributed by atoms with Crippen LogP contribution in [0, 0.1) is 0 Å². The van der Waals surface area contributed by atoms with Crippen molar-refractivity contribution in [3.63, 3.8) is 0 Å². The van der Waals surface area contributed by atoms with Crippen LogP contribution in [-0.2, 0) is 0 Å². The van der Waals surface area contributed by atoms with Gasteiger partial charge in [-0.25, -0.2) is 4.98 Å². The summed E-state index contributed by atoms with van der Waals surface area (Å²) in [5.74, 6) is 0.731. The van der Waals surface area contributed by atoms with E-state index < -0.39 is 0 Å². The Morgan fingerprint density at radius 1 is 1.09 bits per heavy atom. The second-order valence-corrected chi connectivity index (χ2v) is 8.83. The first-order chi connectivity index (χ1) is 16.0. The zero-order valence-electron chi connectivity index (χ0n) is 19.9. The van der Waals surface area contributed by atoms with Crippen LogP contribution < -0.4 is 5.32 Å². The third-order valence-electron chi connectivity index (χ3n) is 5.83. The summed E-state index contributed by atoms with van der Waals surface area (Å²) in [6, 6.07) is 17.7. The van der Waals surface area contributed by atoms with Crippen LogP contribution in [0.15, 0.2) is 73.5 Å². The number of fused-ring (bicyclic) bond motifs is 1. The molecule has 2 aromatic carbocycles. The van der Waals surface area contributed by atoms with Gasteiger partial charge in [0.05, 0.1) is 10.5 Å². The van der Waals surface area contributed by atoms with Gasteiger partial charge in [0, 0.05) is 49.0 Å². The van der Waals surface area contributed by atoms with Crippen molar-refractivity contribution in [1.82, 2.24) is 14.8 Å². The molecule has 0 unspecified atom stereocenters. The van der Waals surface area contributed by atoms with Crippen molar-refractivity contribution in [3.05, 3.63) is 84.0 Å². The summed E-state index contributed by atoms with van der Waals surface area (Å²) >= 11 is 6.32. The van der Waals surface area contributed by atoms with Crippen LogP contribution in [0.2, 0.25) is 5.02 Å². The molecule has 1 aliphatic rings. The van der Waals surface area contributed by atoms with Crippen molar-refractivity contribution in [3.8, 4) is 0 Å². The lowest BCUT2D eigenvalue weighted by Gasteiger charge is -2.35. The minimum absolute atomic E-state index is 0.684. The number of anilines is 2. The molecule has 0 spiro atoms. The van der Waals surface area contributed by atoms with E-state index in [2.05, 4.69) is 47.2 Å². The highest BCUT2D eigenvalue weighted by atomic mass is 35.5. The Hall–Kier alpha value is -2.82. The van der Waals surface area contributed by atoms with Gasteiger partial charge in [-0.2, -0.15) is 0 Å². The molecule has 0 saturated carbocycles. The lowest BCUT2D eigenvalue weighted by Crippen LogP contribution is -2.43. The average molecular weight is 463 g/mol. The number of piperazine rings is 1. The van der Waals surface area contributed by atoms with Crippen LogP contribution >= 0.6 is 11.6 Å². The molecule has 0 atom stereocenters. The number of aromatic nitrogens is 1. The maximum absolute atomic E-state index is 6.32. The minimum Gasteiger partial charge on any atom is -0.373 e. The molecule has 0 amide bonds. The zero-order chi connectivity index (χ0) is 23.6. The van der Waals surface area contributed by atoms with Gasteiger partial charge in [0.2, 0.25) is 0 Å². The molecule has 33 heavy (non-hydrogen) atoms. The second kappa shape index (κ2) is 12.4. The van der Waals surface area contributed by atoms with Crippen molar-refractivity contribution in [2.24, 2.45) is 0 Å². The summed E-state index contributed by atoms with van der Waals surface area (Å²) in [5.41, 5.74) is 4.21. The van der Waals surface area contributed by atoms with E-state index in [1.807, 2.05) is 54.6 Å². The normalized spacial score (nSPS) is 13.8. The molecule has 1 aliphatic heterocycles. The number of nitrogens with zero attached hydrogens (tertiary/aromatic N) is 3. The quantitative estimate of drug-likeness (QED) is 0.401. The van der Waals surface area contributed by atoms with Crippen LogP contribution in [-0.4, -0.2) is 48.0 Å². The summed E-state index contributed by atoms with van der Waals surface area (Å²) in [5, 5.41) is 4.88. The van der Waals surface area contributed by atoms with Gasteiger partial charge in [0.15, 0.2) is 0 Å². The number of benzene rings is 2. The van der Waals surface area contributed by atoms with Crippen molar-refractivity contribution in [2.75, 3.05) is 38.5 Å². The second-order valence-electron chi connectivity index (χ2n) is 8.42. The van der Waals surface area contributed by atoms with Gasteiger partial charge in [-0.15, -0.1) is 0 Å². The standard InChI is InChI=1S/C17H13ClN2.C11H22N2/c1-2-12-8-9-14-15(18)11-17(20-16(14)10-12)19-13-6-4-3-5-7-13;1-4-5-6-11(2)13-9-7-12(3)8-10-13/h2-11H,1H2,(H,19,20);2,4-10H2,1,3H3. The summed E-state index contributed by atoms with van der Waals surface area (Å²) < 4.78 is 0. The first kappa shape index (κ1) is 24.8. The number of unbranched alkanes of at least 4 members (excludes halogenated alkanes) is 1. The molecule has 1 N–H and O–H groups in total. The first-order valence-corrected chi connectivity index (χ1v) is 12.0. The van der Waals surface area contributed by atoms with E-state index in [1.165, 1.54) is 51.1 Å². The molecule has 0 bridgehead atoms. The lowest BCUT2D eigenvalue weighted by molar-refractivity contribution is 0.182. The molecule has 4 nitrogen and oxygen atoms in total. The molecule has 1 saturated heterocycles. The largest absolute Gasteiger partial charge is 0.373 e. The minimum atomic E-state index is 0.684. The number of halogens is 1. The molecule has 4 rings (SSSR count). The molecule has 0 aliphatic carbocycles. The number of likely N-dealkylation sites (N-methyl/N-ethyl adjacent to an activating group) is 1. The maximum atomic E-state index is 6.32. The summed E-state index contributed by atoms with van der Waals surface area (Å²) in [7, 11) is 2.19. The molecule has 2 heterocycles. The molecular weight excluding hydrogens is 428 g/mol. The molecule has 0 radical (unpaired) electrons. The van der Waals surface area contributed by atoms with E-state index >= 15 is 0 Å². The fraction of sp³-hybridized carbons (Fsp3) is 0.321. The van der Waals surface area contributed by atoms with Crippen molar-refractivity contribution in [1.29, 1.82) is 0 Å². The Morgan fingerprint density at radius 2 is 1.82 bits per heavy atom. The van der Waals surface area contributed by atoms with Crippen LogP contribution in [0.25, 0.3) is 17.0 Å². The number of rotatable bonds is 7. The average Bonchev–Trinajstić information content (AvgIpc) is 2.83. The topological polar surface area (TPSA) is 31.4 Å². The third kappa shape index (κ3) is 7.34. The third-order valence-corrected chi connectivity index (χ3v) is 6.15. The molecular formula is C28H35ClN4. The highest BCUT2D eigenvalue weighted by molar-refractivity contribution is 6.35. The molecule has 5 heteroatoms. The van der Waals surface area contributed by atoms with E-state index in [1.54, 1.807) is 6.08 Å². The smallest absolute Gasteiger partial charge is 0.132 e. The van der Waals surface area contributed by atoms with E-state index in [9.17, 15) is 0 Å². The monoisotopic (exact) mass is 462 g/mol. The number of pyridine rings is 1. The maximum Gasteiger partial charge on any atom is 0.132 e. The van der Waals surface area contributed by atoms with Gasteiger partial charge in [0.1, 0.15) is 5.82 Å². The van der Waals surface area contributed by atoms with Gasteiger partial charge < -0.3 is 15.1 Å². The van der Waals surface area contributed by atoms with E-state index in [-0.39, 0.29) is 0 Å². The highest BCUT2D eigenvalue weighted by Crippen LogP contribution is 2.27. The van der Waals surface area contributed by atoms with Crippen LogP contribution in [0.5, 0.6) is 0 Å². The molecule has 1 fully saturated rings. The SMILES string of the molecule is C=C(CCCC)N1CCN(C)CC1.C=Cc1ccc2c(Cl)cc(Nc3ccccc3)nc2c1. The summed E-state index contributed by atoms with van der Waals surface area (Å²) in [6.45, 7) is 14.9. The predicted molar refractivity (Wildman–Crippen MR) is 144 cm³/mol. The van der Waals surface area contributed by atoms with Gasteiger partial charge >= 0.3 is 0 Å². The Labute approximate surface area is 203 Å². The van der Waals surface area contributed by atoms with Gasteiger partial charge in [-0.3, -0.25) is 0 Å². The molecule has 3 aromatic rings.